The van der Waals surface area contributed by atoms with Crippen LogP contribution in [0.4, 0.5) is 0 Å². The summed E-state index contributed by atoms with van der Waals surface area (Å²) in [6.07, 6.45) is 8.66. The lowest BCUT2D eigenvalue weighted by Gasteiger charge is -2.48. The molecule has 1 spiro atoms. The lowest BCUT2D eigenvalue weighted by molar-refractivity contribution is 0.0167. The molecule has 0 atom stereocenters. The largest absolute Gasteiger partial charge is 0.303 e. The molecule has 3 heteroatoms. The molecule has 3 aliphatic rings. The second-order valence-electron chi connectivity index (χ2n) is 9.50. The molecule has 0 bridgehead atoms. The Hall–Kier alpha value is -0.120. The summed E-state index contributed by atoms with van der Waals surface area (Å²) in [5.41, 5.74) is 0.697. The summed E-state index contributed by atoms with van der Waals surface area (Å²) in [6.45, 7) is 22.8. The molecular formula is C23H47N3. The first kappa shape index (κ1) is 22.2. The zero-order chi connectivity index (χ0) is 19.2. The van der Waals surface area contributed by atoms with Crippen molar-refractivity contribution in [3.63, 3.8) is 0 Å². The molecule has 0 aromatic rings. The van der Waals surface area contributed by atoms with E-state index in [9.17, 15) is 0 Å². The second kappa shape index (κ2) is 10.4. The van der Waals surface area contributed by atoms with E-state index >= 15 is 0 Å². The molecule has 0 unspecified atom stereocenters. The summed E-state index contributed by atoms with van der Waals surface area (Å²) in [6, 6.07) is 1.47. The molecule has 3 rings (SSSR count). The SMILES string of the molecule is CC.CC(C)N1CCC(CN2CCC3(CC2)CCN(C(C)C)CC3)CC1. The van der Waals surface area contributed by atoms with Gasteiger partial charge in [-0.05, 0) is 117 Å². The first-order valence-electron chi connectivity index (χ1n) is 11.7. The lowest BCUT2D eigenvalue weighted by Crippen LogP contribution is -2.49. The standard InChI is InChI=1S/C21H41N3.C2H6/c1-18(2)23-11-5-20(6-12-23)17-22-13-7-21(8-14-22)9-15-24(16-10-21)19(3)4;1-2/h18-20H,5-17H2,1-4H3;1-2H3. The van der Waals surface area contributed by atoms with Crippen LogP contribution in [0, 0.1) is 11.3 Å². The maximum Gasteiger partial charge on any atom is 0.00385 e. The lowest BCUT2D eigenvalue weighted by atomic mass is 9.71. The summed E-state index contributed by atoms with van der Waals surface area (Å²) in [5.74, 6) is 0.955. The Morgan fingerprint density at radius 2 is 1.12 bits per heavy atom. The maximum absolute atomic E-state index is 2.80. The van der Waals surface area contributed by atoms with Crippen molar-refractivity contribution in [3.05, 3.63) is 0 Å². The molecule has 154 valence electrons. The van der Waals surface area contributed by atoms with E-state index in [1.165, 1.54) is 84.3 Å². The summed E-state index contributed by atoms with van der Waals surface area (Å²) < 4.78 is 0. The Labute approximate surface area is 164 Å². The molecule has 0 aliphatic carbocycles. The molecule has 3 heterocycles. The Balaban J connectivity index is 0.00000117. The molecule has 3 saturated heterocycles. The predicted octanol–water partition coefficient (Wildman–Crippen LogP) is 4.72. The van der Waals surface area contributed by atoms with Gasteiger partial charge in [0.25, 0.3) is 0 Å². The van der Waals surface area contributed by atoms with Crippen molar-refractivity contribution >= 4 is 0 Å². The average molecular weight is 366 g/mol. The third-order valence-corrected chi connectivity index (χ3v) is 7.40. The second-order valence-corrected chi connectivity index (χ2v) is 9.50. The Morgan fingerprint density at radius 1 is 0.692 bits per heavy atom. The van der Waals surface area contributed by atoms with Gasteiger partial charge in [-0.2, -0.15) is 0 Å². The maximum atomic E-state index is 2.80. The summed E-state index contributed by atoms with van der Waals surface area (Å²) in [7, 11) is 0. The Bertz CT molecular complexity index is 367. The highest BCUT2D eigenvalue weighted by Gasteiger charge is 2.38. The van der Waals surface area contributed by atoms with Crippen LogP contribution in [0.2, 0.25) is 0 Å². The minimum Gasteiger partial charge on any atom is -0.303 e. The van der Waals surface area contributed by atoms with Crippen LogP contribution >= 0.6 is 0 Å². The highest BCUT2D eigenvalue weighted by molar-refractivity contribution is 4.91. The zero-order valence-corrected chi connectivity index (χ0v) is 18.8. The van der Waals surface area contributed by atoms with Crippen molar-refractivity contribution in [2.45, 2.75) is 92.2 Å². The molecule has 3 aliphatic heterocycles. The van der Waals surface area contributed by atoms with Gasteiger partial charge in [-0.3, -0.25) is 0 Å². The molecule has 0 N–H and O–H groups in total. The van der Waals surface area contributed by atoms with Crippen molar-refractivity contribution in [2.75, 3.05) is 45.8 Å². The molecule has 0 radical (unpaired) electrons. The van der Waals surface area contributed by atoms with Crippen LogP contribution in [-0.4, -0.2) is 72.6 Å². The van der Waals surface area contributed by atoms with Crippen molar-refractivity contribution in [3.8, 4) is 0 Å². The van der Waals surface area contributed by atoms with E-state index in [0.717, 1.165) is 18.0 Å². The van der Waals surface area contributed by atoms with Crippen molar-refractivity contribution in [2.24, 2.45) is 11.3 Å². The minimum absolute atomic E-state index is 0.697. The molecule has 0 aromatic carbocycles. The fourth-order valence-corrected chi connectivity index (χ4v) is 5.24. The van der Waals surface area contributed by atoms with E-state index < -0.39 is 0 Å². The molecule has 3 nitrogen and oxygen atoms in total. The van der Waals surface area contributed by atoms with Crippen LogP contribution < -0.4 is 0 Å². The van der Waals surface area contributed by atoms with Gasteiger partial charge in [0.2, 0.25) is 0 Å². The van der Waals surface area contributed by atoms with Gasteiger partial charge < -0.3 is 14.7 Å². The Kier molecular flexibility index (Phi) is 8.90. The number of piperidine rings is 3. The van der Waals surface area contributed by atoms with Gasteiger partial charge in [0.05, 0.1) is 0 Å². The predicted molar refractivity (Wildman–Crippen MR) is 115 cm³/mol. The van der Waals surface area contributed by atoms with Crippen LogP contribution in [0.25, 0.3) is 0 Å². The minimum atomic E-state index is 0.697. The van der Waals surface area contributed by atoms with Gasteiger partial charge in [-0.15, -0.1) is 0 Å². The van der Waals surface area contributed by atoms with Crippen LogP contribution in [0.5, 0.6) is 0 Å². The first-order chi connectivity index (χ1) is 12.5. The van der Waals surface area contributed by atoms with Crippen LogP contribution in [-0.2, 0) is 0 Å². The quantitative estimate of drug-likeness (QED) is 0.714. The highest BCUT2D eigenvalue weighted by atomic mass is 15.2. The number of hydrogen-bond acceptors (Lipinski definition) is 3. The van der Waals surface area contributed by atoms with Gasteiger partial charge in [-0.1, -0.05) is 13.8 Å². The molecular weight excluding hydrogens is 318 g/mol. The average Bonchev–Trinajstić information content (AvgIpc) is 2.66. The van der Waals surface area contributed by atoms with Gasteiger partial charge in [0.1, 0.15) is 0 Å². The third kappa shape index (κ3) is 5.94. The van der Waals surface area contributed by atoms with E-state index in [-0.39, 0.29) is 0 Å². The van der Waals surface area contributed by atoms with E-state index in [1.54, 1.807) is 0 Å². The van der Waals surface area contributed by atoms with E-state index in [4.69, 9.17) is 0 Å². The summed E-state index contributed by atoms with van der Waals surface area (Å²) in [5, 5.41) is 0. The highest BCUT2D eigenvalue weighted by Crippen LogP contribution is 2.41. The van der Waals surface area contributed by atoms with Gasteiger partial charge in [0, 0.05) is 18.6 Å². The molecule has 0 amide bonds. The number of hydrogen-bond donors (Lipinski definition) is 0. The fourth-order valence-electron chi connectivity index (χ4n) is 5.24. The fraction of sp³-hybridized carbons (Fsp3) is 1.00. The van der Waals surface area contributed by atoms with E-state index in [1.807, 2.05) is 13.8 Å². The van der Waals surface area contributed by atoms with Crippen molar-refractivity contribution in [1.82, 2.24) is 14.7 Å². The first-order valence-corrected chi connectivity index (χ1v) is 11.7. The molecule has 0 aromatic heterocycles. The Morgan fingerprint density at radius 3 is 1.58 bits per heavy atom. The number of likely N-dealkylation sites (tertiary alicyclic amines) is 3. The normalized spacial score (nSPS) is 26.3. The van der Waals surface area contributed by atoms with Gasteiger partial charge in [0.15, 0.2) is 0 Å². The number of nitrogens with zero attached hydrogens (tertiary/aromatic N) is 3. The number of rotatable bonds is 4. The van der Waals surface area contributed by atoms with Gasteiger partial charge >= 0.3 is 0 Å². The molecule has 26 heavy (non-hydrogen) atoms. The smallest absolute Gasteiger partial charge is 0.00385 e. The zero-order valence-electron chi connectivity index (χ0n) is 18.8. The summed E-state index contributed by atoms with van der Waals surface area (Å²) >= 11 is 0. The van der Waals surface area contributed by atoms with Crippen molar-refractivity contribution in [1.29, 1.82) is 0 Å². The van der Waals surface area contributed by atoms with Gasteiger partial charge in [-0.25, -0.2) is 0 Å². The molecule has 0 saturated carbocycles. The monoisotopic (exact) mass is 365 g/mol. The van der Waals surface area contributed by atoms with E-state index in [2.05, 4.69) is 42.4 Å². The van der Waals surface area contributed by atoms with Crippen molar-refractivity contribution < 1.29 is 0 Å². The van der Waals surface area contributed by atoms with Crippen LogP contribution in [0.15, 0.2) is 0 Å². The third-order valence-electron chi connectivity index (χ3n) is 7.40. The molecule has 3 fully saturated rings. The van der Waals surface area contributed by atoms with Crippen LogP contribution in [0.1, 0.15) is 80.1 Å². The summed E-state index contributed by atoms with van der Waals surface area (Å²) in [4.78, 5) is 8.14. The topological polar surface area (TPSA) is 9.72 Å². The van der Waals surface area contributed by atoms with Crippen LogP contribution in [0.3, 0.4) is 0 Å². The van der Waals surface area contributed by atoms with E-state index in [0.29, 0.717) is 5.41 Å².